The second-order valence-corrected chi connectivity index (χ2v) is 2.91. The monoisotopic (exact) mass is 163 g/mol. The first-order chi connectivity index (χ1) is 5.65. The van der Waals surface area contributed by atoms with Crippen molar-refractivity contribution in [3.8, 4) is 0 Å². The average Bonchev–Trinajstić information content (AvgIpc) is 2.35. The van der Waals surface area contributed by atoms with Crippen molar-refractivity contribution in [3.63, 3.8) is 0 Å². The number of carbonyl (C=O) groups is 1. The molecule has 2 nitrogen and oxygen atoms in total. The number of hydrogen-bond acceptors (Lipinski definition) is 2. The summed E-state index contributed by atoms with van der Waals surface area (Å²) in [6.07, 6.45) is 3.61. The van der Waals surface area contributed by atoms with Gasteiger partial charge in [0.2, 0.25) is 0 Å². The third-order valence-corrected chi connectivity index (χ3v) is 1.91. The van der Waals surface area contributed by atoms with Crippen molar-refractivity contribution < 1.29 is 4.79 Å². The molecular formula is C10H13NO. The third-order valence-electron chi connectivity index (χ3n) is 1.91. The van der Waals surface area contributed by atoms with Crippen LogP contribution in [0.15, 0.2) is 35.6 Å². The molecule has 0 saturated heterocycles. The Bertz CT molecular complexity index is 284. The van der Waals surface area contributed by atoms with Gasteiger partial charge in [0.15, 0.2) is 5.78 Å². The van der Waals surface area contributed by atoms with E-state index in [0.29, 0.717) is 6.54 Å². The van der Waals surface area contributed by atoms with Gasteiger partial charge < -0.3 is 5.32 Å². The van der Waals surface area contributed by atoms with Crippen LogP contribution in [-0.4, -0.2) is 12.3 Å². The summed E-state index contributed by atoms with van der Waals surface area (Å²) in [5, 5.41) is 3.00. The molecule has 64 valence electrons. The fourth-order valence-electron chi connectivity index (χ4n) is 1.09. The van der Waals surface area contributed by atoms with E-state index in [9.17, 15) is 4.79 Å². The normalized spacial score (nSPS) is 18.2. The molecule has 1 heterocycles. The van der Waals surface area contributed by atoms with Crippen LogP contribution in [0.1, 0.15) is 13.8 Å². The molecule has 0 fully saturated rings. The number of carbonyl (C=O) groups excluding carboxylic acids is 1. The lowest BCUT2D eigenvalue weighted by atomic mass is 10.1. The minimum atomic E-state index is 0.161. The minimum Gasteiger partial charge on any atom is -0.381 e. The lowest BCUT2D eigenvalue weighted by molar-refractivity contribution is -0.113. The lowest BCUT2D eigenvalue weighted by Gasteiger charge is -1.94. The molecule has 0 aromatic heterocycles. The smallest absolute Gasteiger partial charge is 0.183 e. The molecule has 1 N–H and O–H groups in total. The first kappa shape index (κ1) is 8.78. The maximum atomic E-state index is 11.2. The van der Waals surface area contributed by atoms with Gasteiger partial charge in [-0.05, 0) is 19.9 Å². The third kappa shape index (κ3) is 1.64. The van der Waals surface area contributed by atoms with Gasteiger partial charge in [-0.1, -0.05) is 18.2 Å². The van der Waals surface area contributed by atoms with Crippen molar-refractivity contribution in [2.75, 3.05) is 6.54 Å². The molecule has 0 bridgehead atoms. The van der Waals surface area contributed by atoms with Gasteiger partial charge in [0.1, 0.15) is 0 Å². The molecule has 0 aliphatic carbocycles. The van der Waals surface area contributed by atoms with E-state index < -0.39 is 0 Å². The van der Waals surface area contributed by atoms with E-state index >= 15 is 0 Å². The summed E-state index contributed by atoms with van der Waals surface area (Å²) in [4.78, 5) is 11.2. The predicted octanol–water partition coefficient (Wildman–Crippen LogP) is 1.56. The summed E-state index contributed by atoms with van der Waals surface area (Å²) >= 11 is 0. The maximum Gasteiger partial charge on any atom is 0.183 e. The summed E-state index contributed by atoms with van der Waals surface area (Å²) in [5.74, 6) is 0.161. The molecule has 1 aliphatic heterocycles. The highest BCUT2D eigenvalue weighted by atomic mass is 16.1. The molecule has 0 amide bonds. The first-order valence-electron chi connectivity index (χ1n) is 3.94. The topological polar surface area (TPSA) is 29.1 Å². The Morgan fingerprint density at radius 3 is 2.75 bits per heavy atom. The fourth-order valence-corrected chi connectivity index (χ4v) is 1.09. The quantitative estimate of drug-likeness (QED) is 0.626. The van der Waals surface area contributed by atoms with Crippen LogP contribution in [0.25, 0.3) is 0 Å². The number of allylic oxidation sites excluding steroid dienone is 4. The molecule has 0 aromatic carbocycles. The van der Waals surface area contributed by atoms with Gasteiger partial charge in [0.05, 0.1) is 6.54 Å². The molecule has 1 aliphatic rings. The van der Waals surface area contributed by atoms with Crippen LogP contribution >= 0.6 is 0 Å². The highest BCUT2D eigenvalue weighted by molar-refractivity contribution is 6.02. The average molecular weight is 163 g/mol. The molecule has 0 saturated carbocycles. The van der Waals surface area contributed by atoms with E-state index in [4.69, 9.17) is 0 Å². The molecule has 1 rings (SSSR count). The SMILES string of the molecule is C=C/C(C)=C\C1=C(C)NCC1=O. The zero-order valence-corrected chi connectivity index (χ0v) is 7.48. The Morgan fingerprint density at radius 1 is 1.67 bits per heavy atom. The predicted molar refractivity (Wildman–Crippen MR) is 49.7 cm³/mol. The van der Waals surface area contributed by atoms with E-state index in [1.807, 2.05) is 19.9 Å². The standard InChI is InChI=1S/C10H13NO/c1-4-7(2)5-9-8(3)11-6-10(9)12/h4-5,11H,1,6H2,2-3H3/b7-5-. The number of hydrogen-bond donors (Lipinski definition) is 1. The lowest BCUT2D eigenvalue weighted by Crippen LogP contribution is -2.09. The van der Waals surface area contributed by atoms with Crippen molar-refractivity contribution in [2.45, 2.75) is 13.8 Å². The number of nitrogens with one attached hydrogen (secondary N) is 1. The maximum absolute atomic E-state index is 11.2. The van der Waals surface area contributed by atoms with E-state index in [0.717, 1.165) is 16.8 Å². The van der Waals surface area contributed by atoms with Gasteiger partial charge in [-0.2, -0.15) is 0 Å². The molecular weight excluding hydrogens is 150 g/mol. The molecule has 0 aromatic rings. The summed E-state index contributed by atoms with van der Waals surface area (Å²) in [7, 11) is 0. The number of Topliss-reactive ketones (excluding diaryl/α,β-unsaturated/α-hetero) is 1. The Morgan fingerprint density at radius 2 is 2.33 bits per heavy atom. The minimum absolute atomic E-state index is 0.161. The highest BCUT2D eigenvalue weighted by Gasteiger charge is 2.16. The fraction of sp³-hybridized carbons (Fsp3) is 0.300. The van der Waals surface area contributed by atoms with Gasteiger partial charge in [0.25, 0.3) is 0 Å². The molecule has 0 spiro atoms. The molecule has 2 heteroatoms. The Kier molecular flexibility index (Phi) is 2.48. The second kappa shape index (κ2) is 3.39. The zero-order valence-electron chi connectivity index (χ0n) is 7.48. The molecule has 0 unspecified atom stereocenters. The molecule has 12 heavy (non-hydrogen) atoms. The van der Waals surface area contributed by atoms with Gasteiger partial charge >= 0.3 is 0 Å². The largest absolute Gasteiger partial charge is 0.381 e. The molecule has 0 radical (unpaired) electrons. The Labute approximate surface area is 72.7 Å². The zero-order chi connectivity index (χ0) is 9.14. The van der Waals surface area contributed by atoms with Crippen LogP contribution in [0.2, 0.25) is 0 Å². The summed E-state index contributed by atoms with van der Waals surface area (Å²) in [6, 6.07) is 0. The number of ketones is 1. The summed E-state index contributed by atoms with van der Waals surface area (Å²) in [5.41, 5.74) is 2.76. The van der Waals surface area contributed by atoms with E-state index in [1.165, 1.54) is 0 Å². The van der Waals surface area contributed by atoms with Gasteiger partial charge in [-0.15, -0.1) is 0 Å². The Balaban J connectivity index is 2.94. The van der Waals surface area contributed by atoms with E-state index in [1.54, 1.807) is 6.08 Å². The van der Waals surface area contributed by atoms with Crippen LogP contribution in [0.5, 0.6) is 0 Å². The van der Waals surface area contributed by atoms with Crippen molar-refractivity contribution in [3.05, 3.63) is 35.6 Å². The van der Waals surface area contributed by atoms with E-state index in [2.05, 4.69) is 11.9 Å². The molecule has 0 atom stereocenters. The highest BCUT2D eigenvalue weighted by Crippen LogP contribution is 2.13. The summed E-state index contributed by atoms with van der Waals surface area (Å²) in [6.45, 7) is 7.90. The van der Waals surface area contributed by atoms with Gasteiger partial charge in [0, 0.05) is 11.3 Å². The van der Waals surface area contributed by atoms with Crippen LogP contribution in [0.3, 0.4) is 0 Å². The summed E-state index contributed by atoms with van der Waals surface area (Å²) < 4.78 is 0. The van der Waals surface area contributed by atoms with Gasteiger partial charge in [-0.25, -0.2) is 0 Å². The van der Waals surface area contributed by atoms with Crippen LogP contribution in [0, 0.1) is 0 Å². The second-order valence-electron chi connectivity index (χ2n) is 2.91. The van der Waals surface area contributed by atoms with Crippen molar-refractivity contribution in [1.29, 1.82) is 0 Å². The Hall–Kier alpha value is -1.31. The van der Waals surface area contributed by atoms with Crippen molar-refractivity contribution in [1.82, 2.24) is 5.32 Å². The van der Waals surface area contributed by atoms with Crippen molar-refractivity contribution >= 4 is 5.78 Å². The van der Waals surface area contributed by atoms with Crippen LogP contribution in [-0.2, 0) is 4.79 Å². The van der Waals surface area contributed by atoms with Crippen LogP contribution in [0.4, 0.5) is 0 Å². The first-order valence-corrected chi connectivity index (χ1v) is 3.94. The van der Waals surface area contributed by atoms with Crippen molar-refractivity contribution in [2.24, 2.45) is 0 Å². The van der Waals surface area contributed by atoms with E-state index in [-0.39, 0.29) is 5.78 Å². The number of rotatable bonds is 2. The van der Waals surface area contributed by atoms with Gasteiger partial charge in [-0.3, -0.25) is 4.79 Å². The van der Waals surface area contributed by atoms with Crippen LogP contribution < -0.4 is 5.32 Å².